The molecule has 0 bridgehead atoms. The van der Waals surface area contributed by atoms with E-state index >= 15 is 0 Å². The van der Waals surface area contributed by atoms with Crippen LogP contribution in [0.15, 0.2) is 52.7 Å². The van der Waals surface area contributed by atoms with Gasteiger partial charge >= 0.3 is 0 Å². The van der Waals surface area contributed by atoms with E-state index in [1.807, 2.05) is 31.2 Å². The number of carbonyl (C=O) groups is 2. The van der Waals surface area contributed by atoms with E-state index in [-0.39, 0.29) is 17.5 Å². The van der Waals surface area contributed by atoms with Gasteiger partial charge in [0, 0.05) is 18.6 Å². The number of carbonyl (C=O) groups excluding carboxylic acids is 2. The van der Waals surface area contributed by atoms with Crippen LogP contribution >= 0.6 is 0 Å². The van der Waals surface area contributed by atoms with Crippen LogP contribution < -0.4 is 10.6 Å². The normalized spacial score (nSPS) is 22.8. The second kappa shape index (κ2) is 9.65. The lowest BCUT2D eigenvalue weighted by atomic mass is 9.85. The van der Waals surface area contributed by atoms with Crippen molar-refractivity contribution < 1.29 is 14.0 Å². The van der Waals surface area contributed by atoms with Crippen molar-refractivity contribution in [3.63, 3.8) is 0 Å². The van der Waals surface area contributed by atoms with Crippen LogP contribution in [0.4, 0.5) is 10.1 Å². The summed E-state index contributed by atoms with van der Waals surface area (Å²) in [6.45, 7) is 6.00. The second-order valence-corrected chi connectivity index (χ2v) is 9.11. The first-order valence-corrected chi connectivity index (χ1v) is 11.4. The van der Waals surface area contributed by atoms with E-state index in [9.17, 15) is 14.0 Å². The molecule has 33 heavy (non-hydrogen) atoms. The molecule has 0 radical (unpaired) electrons. The van der Waals surface area contributed by atoms with Gasteiger partial charge in [0.1, 0.15) is 17.6 Å². The van der Waals surface area contributed by atoms with Crippen LogP contribution in [-0.2, 0) is 22.4 Å². The number of nitrogens with zero attached hydrogens (tertiary/aromatic N) is 2. The highest BCUT2D eigenvalue weighted by Gasteiger charge is 2.30. The van der Waals surface area contributed by atoms with Crippen LogP contribution in [0.3, 0.4) is 0 Å². The standard InChI is InChI=1S/C26H29FN4O2/c1-15-11-19-9-10-21(25(32)29-24(19)20(27)12-15)28-26(33)23-13-16(2)17(3)22(30-31-23)14-18-7-5-4-6-8-18/h4-8,11-12,16-17,21H,9-10,13-14H2,1-3H3,(H,28,33)(H,29,32)/t16?,17?,21-/m0/s1. The fourth-order valence-electron chi connectivity index (χ4n) is 4.38. The van der Waals surface area contributed by atoms with Crippen LogP contribution in [-0.4, -0.2) is 29.3 Å². The van der Waals surface area contributed by atoms with Crippen LogP contribution in [0, 0.1) is 24.6 Å². The van der Waals surface area contributed by atoms with E-state index in [4.69, 9.17) is 0 Å². The Labute approximate surface area is 193 Å². The molecule has 0 aromatic heterocycles. The minimum atomic E-state index is -0.768. The van der Waals surface area contributed by atoms with Gasteiger partial charge in [-0.1, -0.05) is 50.2 Å². The first-order chi connectivity index (χ1) is 15.8. The molecule has 0 aliphatic carbocycles. The van der Waals surface area contributed by atoms with Gasteiger partial charge in [0.2, 0.25) is 5.91 Å². The SMILES string of the molecule is Cc1cc(F)c2c(c1)CC[C@H](NC(=O)C1=NN=C(Cc3ccccc3)C(C)C(C)C1)C(=O)N2. The third-order valence-electron chi connectivity index (χ3n) is 6.57. The summed E-state index contributed by atoms with van der Waals surface area (Å²) in [6, 6.07) is 12.6. The molecule has 2 aliphatic heterocycles. The molecule has 4 rings (SSSR count). The number of aryl methyl sites for hydroxylation is 2. The molecule has 2 aliphatic rings. The zero-order valence-corrected chi connectivity index (χ0v) is 19.2. The van der Waals surface area contributed by atoms with Crippen molar-refractivity contribution in [1.29, 1.82) is 0 Å². The number of nitrogens with one attached hydrogen (secondary N) is 2. The number of halogens is 1. The monoisotopic (exact) mass is 448 g/mol. The number of amides is 2. The van der Waals surface area contributed by atoms with E-state index in [1.54, 1.807) is 0 Å². The average molecular weight is 449 g/mol. The Morgan fingerprint density at radius 1 is 1.18 bits per heavy atom. The van der Waals surface area contributed by atoms with Crippen molar-refractivity contribution >= 4 is 28.9 Å². The molecule has 3 atom stereocenters. The van der Waals surface area contributed by atoms with Crippen molar-refractivity contribution in [2.45, 2.75) is 52.5 Å². The molecule has 2 heterocycles. The molecular formula is C26H29FN4O2. The summed E-state index contributed by atoms with van der Waals surface area (Å²) in [6.07, 6.45) is 2.02. The number of rotatable bonds is 4. The van der Waals surface area contributed by atoms with Gasteiger partial charge in [-0.3, -0.25) is 9.59 Å². The molecule has 2 amide bonds. The summed E-state index contributed by atoms with van der Waals surface area (Å²) in [5, 5.41) is 14.2. The van der Waals surface area contributed by atoms with Crippen LogP contribution in [0.5, 0.6) is 0 Å². The Bertz CT molecular complexity index is 1130. The smallest absolute Gasteiger partial charge is 0.268 e. The summed E-state index contributed by atoms with van der Waals surface area (Å²) in [7, 11) is 0. The van der Waals surface area contributed by atoms with Gasteiger partial charge in [-0.2, -0.15) is 5.10 Å². The van der Waals surface area contributed by atoms with Crippen LogP contribution in [0.1, 0.15) is 43.4 Å². The quantitative estimate of drug-likeness (QED) is 0.734. The van der Waals surface area contributed by atoms with Gasteiger partial charge in [-0.15, -0.1) is 5.10 Å². The van der Waals surface area contributed by atoms with E-state index in [2.05, 4.69) is 46.8 Å². The highest BCUT2D eigenvalue weighted by molar-refractivity contribution is 6.39. The summed E-state index contributed by atoms with van der Waals surface area (Å²) in [4.78, 5) is 25.7. The Morgan fingerprint density at radius 3 is 2.70 bits per heavy atom. The third-order valence-corrected chi connectivity index (χ3v) is 6.57. The summed E-state index contributed by atoms with van der Waals surface area (Å²) in [5.41, 5.74) is 4.13. The molecule has 0 spiro atoms. The lowest BCUT2D eigenvalue weighted by molar-refractivity contribution is -0.123. The van der Waals surface area contributed by atoms with E-state index < -0.39 is 23.7 Å². The second-order valence-electron chi connectivity index (χ2n) is 9.11. The molecule has 7 heteroatoms. The fraction of sp³-hybridized carbons (Fsp3) is 0.385. The summed E-state index contributed by atoms with van der Waals surface area (Å²) < 4.78 is 14.3. The van der Waals surface area contributed by atoms with Crippen molar-refractivity contribution in [3.8, 4) is 0 Å². The minimum Gasteiger partial charge on any atom is -0.339 e. The number of hydrogen-bond donors (Lipinski definition) is 2. The molecule has 172 valence electrons. The van der Waals surface area contributed by atoms with E-state index in [0.717, 1.165) is 22.4 Å². The van der Waals surface area contributed by atoms with Crippen LogP contribution in [0.2, 0.25) is 0 Å². The number of hydrogen-bond acceptors (Lipinski definition) is 4. The van der Waals surface area contributed by atoms with E-state index in [0.29, 0.717) is 31.4 Å². The zero-order valence-electron chi connectivity index (χ0n) is 19.2. The Kier molecular flexibility index (Phi) is 6.67. The molecule has 6 nitrogen and oxygen atoms in total. The Morgan fingerprint density at radius 2 is 1.94 bits per heavy atom. The molecule has 2 aromatic rings. The van der Waals surface area contributed by atoms with Gasteiger partial charge in [0.25, 0.3) is 5.91 Å². The molecule has 0 fully saturated rings. The van der Waals surface area contributed by atoms with Crippen molar-refractivity contribution in [2.75, 3.05) is 5.32 Å². The largest absolute Gasteiger partial charge is 0.339 e. The fourth-order valence-corrected chi connectivity index (χ4v) is 4.38. The van der Waals surface area contributed by atoms with Gasteiger partial charge in [0.05, 0.1) is 5.69 Å². The Balaban J connectivity index is 1.48. The van der Waals surface area contributed by atoms with E-state index in [1.165, 1.54) is 6.07 Å². The number of fused-ring (bicyclic) bond motifs is 1. The summed E-state index contributed by atoms with van der Waals surface area (Å²) >= 11 is 0. The molecular weight excluding hydrogens is 419 g/mol. The minimum absolute atomic E-state index is 0.168. The predicted molar refractivity (Wildman–Crippen MR) is 128 cm³/mol. The first kappa shape index (κ1) is 22.8. The maximum absolute atomic E-state index is 14.3. The number of anilines is 1. The highest BCUT2D eigenvalue weighted by atomic mass is 19.1. The van der Waals surface area contributed by atoms with Gasteiger partial charge in [0.15, 0.2) is 0 Å². The molecule has 2 aromatic carbocycles. The maximum atomic E-state index is 14.3. The molecule has 0 saturated heterocycles. The topological polar surface area (TPSA) is 82.9 Å². The highest BCUT2D eigenvalue weighted by Crippen LogP contribution is 2.27. The number of benzene rings is 2. The van der Waals surface area contributed by atoms with Crippen molar-refractivity contribution in [1.82, 2.24) is 5.32 Å². The average Bonchev–Trinajstić information content (AvgIpc) is 3.03. The lowest BCUT2D eigenvalue weighted by Crippen LogP contribution is -2.46. The first-order valence-electron chi connectivity index (χ1n) is 11.4. The van der Waals surface area contributed by atoms with Gasteiger partial charge in [-0.05, 0) is 54.4 Å². The predicted octanol–water partition coefficient (Wildman–Crippen LogP) is 4.22. The van der Waals surface area contributed by atoms with Crippen LogP contribution in [0.25, 0.3) is 0 Å². The summed E-state index contributed by atoms with van der Waals surface area (Å²) in [5.74, 6) is -0.943. The third kappa shape index (κ3) is 5.18. The van der Waals surface area contributed by atoms with Crippen molar-refractivity contribution in [2.24, 2.45) is 22.0 Å². The molecule has 2 N–H and O–H groups in total. The molecule has 2 unspecified atom stereocenters. The van der Waals surface area contributed by atoms with Crippen molar-refractivity contribution in [3.05, 3.63) is 65.0 Å². The molecule has 0 saturated carbocycles. The van der Waals surface area contributed by atoms with Gasteiger partial charge in [-0.25, -0.2) is 4.39 Å². The lowest BCUT2D eigenvalue weighted by Gasteiger charge is -2.20. The maximum Gasteiger partial charge on any atom is 0.268 e. The Hall–Kier alpha value is -3.35. The zero-order chi connectivity index (χ0) is 23.5. The van der Waals surface area contributed by atoms with Gasteiger partial charge < -0.3 is 10.6 Å².